The quantitative estimate of drug-likeness (QED) is 0.893. The monoisotopic (exact) mass is 281 g/mol. The lowest BCUT2D eigenvalue weighted by molar-refractivity contribution is 0.500. The highest BCUT2D eigenvalue weighted by atomic mass is 32.1. The largest absolute Gasteiger partial charge is 0.345 e. The van der Waals surface area contributed by atoms with Crippen LogP contribution in [0.2, 0.25) is 0 Å². The van der Waals surface area contributed by atoms with Crippen molar-refractivity contribution in [3.8, 4) is 0 Å². The number of rotatable bonds is 5. The zero-order valence-electron chi connectivity index (χ0n) is 12.9. The van der Waals surface area contributed by atoms with Gasteiger partial charge < -0.3 is 10.2 Å². The Morgan fingerprint density at radius 3 is 2.68 bits per heavy atom. The molecule has 0 amide bonds. The number of nitrogens with zero attached hydrogens (tertiary/aromatic N) is 2. The van der Waals surface area contributed by atoms with Crippen LogP contribution in [0.25, 0.3) is 0 Å². The highest BCUT2D eigenvalue weighted by molar-refractivity contribution is 7.15. The van der Waals surface area contributed by atoms with E-state index < -0.39 is 0 Å². The van der Waals surface area contributed by atoms with Gasteiger partial charge in [0, 0.05) is 23.5 Å². The molecule has 0 fully saturated rings. The first-order chi connectivity index (χ1) is 9.02. The maximum Gasteiger partial charge on any atom is 0.186 e. The van der Waals surface area contributed by atoms with E-state index >= 15 is 0 Å². The van der Waals surface area contributed by atoms with Gasteiger partial charge in [-0.2, -0.15) is 0 Å². The average Bonchev–Trinajstić information content (AvgIpc) is 2.78. The van der Waals surface area contributed by atoms with Gasteiger partial charge in [-0.3, -0.25) is 0 Å². The van der Waals surface area contributed by atoms with E-state index in [1.165, 1.54) is 28.5 Å². The minimum absolute atomic E-state index is 0.517. The van der Waals surface area contributed by atoms with Crippen LogP contribution in [0, 0.1) is 5.92 Å². The summed E-state index contributed by atoms with van der Waals surface area (Å²) < 4.78 is 0. The number of hydrogen-bond acceptors (Lipinski definition) is 4. The molecule has 1 aliphatic rings. The number of nitrogens with one attached hydrogen (secondary N) is 1. The smallest absolute Gasteiger partial charge is 0.186 e. The Morgan fingerprint density at radius 1 is 1.37 bits per heavy atom. The van der Waals surface area contributed by atoms with Crippen molar-refractivity contribution in [1.29, 1.82) is 0 Å². The van der Waals surface area contributed by atoms with E-state index in [1.807, 2.05) is 11.3 Å². The van der Waals surface area contributed by atoms with E-state index in [0.29, 0.717) is 18.0 Å². The minimum Gasteiger partial charge on any atom is -0.345 e. The molecule has 0 saturated heterocycles. The summed E-state index contributed by atoms with van der Waals surface area (Å²) in [4.78, 5) is 8.86. The van der Waals surface area contributed by atoms with Crippen molar-refractivity contribution >= 4 is 16.5 Å². The van der Waals surface area contributed by atoms with Crippen LogP contribution in [-0.4, -0.2) is 24.6 Å². The fourth-order valence-corrected chi connectivity index (χ4v) is 4.11. The maximum atomic E-state index is 4.93. The Morgan fingerprint density at radius 2 is 2.11 bits per heavy atom. The SMILES string of the molecule is CNC1CCCc2nc(N(CC(C)C)C(C)C)sc21. The summed E-state index contributed by atoms with van der Waals surface area (Å²) in [6, 6.07) is 1.03. The summed E-state index contributed by atoms with van der Waals surface area (Å²) in [7, 11) is 2.06. The lowest BCUT2D eigenvalue weighted by atomic mass is 9.98. The first-order valence-corrected chi connectivity index (χ1v) is 8.28. The zero-order valence-corrected chi connectivity index (χ0v) is 13.7. The summed E-state index contributed by atoms with van der Waals surface area (Å²) in [6.07, 6.45) is 3.65. The normalized spacial score (nSPS) is 19.0. The molecule has 1 aromatic heterocycles. The number of thiazole rings is 1. The molecule has 0 spiro atoms. The average molecular weight is 281 g/mol. The Bertz CT molecular complexity index is 412. The van der Waals surface area contributed by atoms with Crippen LogP contribution < -0.4 is 10.2 Å². The third-order valence-corrected chi connectivity index (χ3v) is 4.97. The Labute approximate surface area is 121 Å². The molecule has 1 aromatic rings. The summed E-state index contributed by atoms with van der Waals surface area (Å²) >= 11 is 1.90. The van der Waals surface area contributed by atoms with Gasteiger partial charge >= 0.3 is 0 Å². The molecule has 0 radical (unpaired) electrons. The van der Waals surface area contributed by atoms with Gasteiger partial charge in [0.25, 0.3) is 0 Å². The summed E-state index contributed by atoms with van der Waals surface area (Å²) in [6.45, 7) is 10.2. The molecule has 1 aliphatic carbocycles. The van der Waals surface area contributed by atoms with Crippen LogP contribution in [0.4, 0.5) is 5.13 Å². The number of aromatic nitrogens is 1. The Kier molecular flexibility index (Phi) is 4.85. The lowest BCUT2D eigenvalue weighted by Gasteiger charge is -2.27. The van der Waals surface area contributed by atoms with Crippen LogP contribution in [-0.2, 0) is 6.42 Å². The van der Waals surface area contributed by atoms with E-state index in [9.17, 15) is 0 Å². The van der Waals surface area contributed by atoms with Crippen molar-refractivity contribution in [2.45, 2.75) is 59.0 Å². The summed E-state index contributed by atoms with van der Waals surface area (Å²) in [5, 5.41) is 4.65. The van der Waals surface area contributed by atoms with Crippen molar-refractivity contribution in [3.05, 3.63) is 10.6 Å². The second-order valence-electron chi connectivity index (χ2n) is 6.18. The van der Waals surface area contributed by atoms with E-state index in [0.717, 1.165) is 13.0 Å². The van der Waals surface area contributed by atoms with Gasteiger partial charge in [0.1, 0.15) is 0 Å². The topological polar surface area (TPSA) is 28.2 Å². The molecule has 0 bridgehead atoms. The number of fused-ring (bicyclic) bond motifs is 1. The van der Waals surface area contributed by atoms with Crippen LogP contribution in [0.15, 0.2) is 0 Å². The Balaban J connectivity index is 2.26. The van der Waals surface area contributed by atoms with Gasteiger partial charge in [0.2, 0.25) is 0 Å². The number of anilines is 1. The molecule has 1 N–H and O–H groups in total. The molecule has 1 unspecified atom stereocenters. The van der Waals surface area contributed by atoms with Crippen LogP contribution in [0.1, 0.15) is 57.1 Å². The van der Waals surface area contributed by atoms with Gasteiger partial charge in [-0.15, -0.1) is 0 Å². The third kappa shape index (κ3) is 3.29. The second-order valence-corrected chi connectivity index (χ2v) is 7.19. The minimum atomic E-state index is 0.517. The first-order valence-electron chi connectivity index (χ1n) is 7.46. The van der Waals surface area contributed by atoms with E-state index in [4.69, 9.17) is 4.98 Å². The summed E-state index contributed by atoms with van der Waals surface area (Å²) in [5.41, 5.74) is 1.33. The fourth-order valence-electron chi connectivity index (χ4n) is 2.71. The number of aryl methyl sites for hydroxylation is 1. The molecular formula is C15H27N3S. The van der Waals surface area contributed by atoms with Crippen molar-refractivity contribution in [1.82, 2.24) is 10.3 Å². The molecule has 0 aliphatic heterocycles. The van der Waals surface area contributed by atoms with Gasteiger partial charge in [-0.05, 0) is 46.1 Å². The van der Waals surface area contributed by atoms with Crippen LogP contribution in [0.3, 0.4) is 0 Å². The summed E-state index contributed by atoms with van der Waals surface area (Å²) in [5.74, 6) is 0.670. The first kappa shape index (κ1) is 14.8. The van der Waals surface area contributed by atoms with Crippen molar-refractivity contribution in [2.75, 3.05) is 18.5 Å². The predicted molar refractivity (Wildman–Crippen MR) is 84.2 cm³/mol. The van der Waals surface area contributed by atoms with Crippen LogP contribution in [0.5, 0.6) is 0 Å². The lowest BCUT2D eigenvalue weighted by Crippen LogP contribution is -2.34. The molecule has 2 rings (SSSR count). The highest BCUT2D eigenvalue weighted by Gasteiger charge is 2.26. The van der Waals surface area contributed by atoms with Crippen LogP contribution >= 0.6 is 11.3 Å². The molecule has 0 saturated carbocycles. The molecular weight excluding hydrogens is 254 g/mol. The van der Waals surface area contributed by atoms with E-state index in [2.05, 4.69) is 45.0 Å². The van der Waals surface area contributed by atoms with E-state index in [-0.39, 0.29) is 0 Å². The molecule has 1 atom stereocenters. The van der Waals surface area contributed by atoms with Gasteiger partial charge in [0.05, 0.1) is 5.69 Å². The van der Waals surface area contributed by atoms with Gasteiger partial charge in [0.15, 0.2) is 5.13 Å². The van der Waals surface area contributed by atoms with Crippen molar-refractivity contribution < 1.29 is 0 Å². The van der Waals surface area contributed by atoms with E-state index in [1.54, 1.807) is 0 Å². The molecule has 19 heavy (non-hydrogen) atoms. The van der Waals surface area contributed by atoms with Crippen molar-refractivity contribution in [3.63, 3.8) is 0 Å². The highest BCUT2D eigenvalue weighted by Crippen LogP contribution is 2.38. The zero-order chi connectivity index (χ0) is 14.0. The standard InChI is InChI=1S/C15H27N3S/c1-10(2)9-18(11(3)4)15-17-13-8-6-7-12(16-5)14(13)19-15/h10-12,16H,6-9H2,1-5H3. The van der Waals surface area contributed by atoms with Crippen molar-refractivity contribution in [2.24, 2.45) is 5.92 Å². The van der Waals surface area contributed by atoms with Gasteiger partial charge in [-0.25, -0.2) is 4.98 Å². The molecule has 4 heteroatoms. The van der Waals surface area contributed by atoms with Gasteiger partial charge in [-0.1, -0.05) is 25.2 Å². The molecule has 0 aromatic carbocycles. The fraction of sp³-hybridized carbons (Fsp3) is 0.800. The molecule has 3 nitrogen and oxygen atoms in total. The molecule has 108 valence electrons. The number of hydrogen-bond donors (Lipinski definition) is 1. The maximum absolute atomic E-state index is 4.93. The third-order valence-electron chi connectivity index (χ3n) is 3.72. The Hall–Kier alpha value is -0.610. The molecule has 1 heterocycles. The second kappa shape index (κ2) is 6.23. The predicted octanol–water partition coefficient (Wildman–Crippen LogP) is 3.61.